The van der Waals surface area contributed by atoms with Crippen LogP contribution in [0.2, 0.25) is 0 Å². The number of benzene rings is 1. The van der Waals surface area contributed by atoms with Crippen molar-refractivity contribution in [3.8, 4) is 0 Å². The van der Waals surface area contributed by atoms with E-state index < -0.39 is 0 Å². The Morgan fingerprint density at radius 2 is 2.38 bits per heavy atom. The minimum absolute atomic E-state index is 0.116. The molecule has 2 heterocycles. The lowest BCUT2D eigenvalue weighted by Crippen LogP contribution is -2.42. The quantitative estimate of drug-likeness (QED) is 0.924. The third-order valence-electron chi connectivity index (χ3n) is 3.97. The normalized spacial score (nSPS) is 18.2. The second-order valence-corrected chi connectivity index (χ2v) is 6.40. The number of ether oxygens (including phenoxy) is 1. The molecule has 1 aromatic heterocycles. The van der Waals surface area contributed by atoms with Crippen molar-refractivity contribution >= 4 is 28.6 Å². The van der Waals surface area contributed by atoms with Crippen LogP contribution in [0, 0.1) is 0 Å². The molecule has 1 N–H and O–H groups in total. The Kier molecular flexibility index (Phi) is 4.51. The molecule has 1 fully saturated rings. The van der Waals surface area contributed by atoms with Gasteiger partial charge in [-0.15, -0.1) is 0 Å². The zero-order chi connectivity index (χ0) is 14.7. The molecule has 1 aliphatic rings. The van der Waals surface area contributed by atoms with Gasteiger partial charge in [0.05, 0.1) is 6.61 Å². The van der Waals surface area contributed by atoms with E-state index in [9.17, 15) is 4.79 Å². The lowest BCUT2D eigenvalue weighted by atomic mass is 10.1. The number of amides is 1. The van der Waals surface area contributed by atoms with Gasteiger partial charge in [0.15, 0.2) is 0 Å². The minimum atomic E-state index is 0.116. The van der Waals surface area contributed by atoms with Crippen LogP contribution in [0.25, 0.3) is 10.9 Å². The Bertz CT molecular complexity index is 620. The first-order chi connectivity index (χ1) is 10.3. The van der Waals surface area contributed by atoms with Crippen LogP contribution in [0.1, 0.15) is 16.8 Å². The minimum Gasteiger partial charge on any atom is -0.383 e. The van der Waals surface area contributed by atoms with Crippen molar-refractivity contribution in [3.63, 3.8) is 0 Å². The van der Waals surface area contributed by atoms with Crippen LogP contribution >= 0.6 is 11.8 Å². The maximum absolute atomic E-state index is 13.0. The van der Waals surface area contributed by atoms with E-state index in [1.165, 1.54) is 0 Å². The van der Waals surface area contributed by atoms with Gasteiger partial charge in [0, 0.05) is 48.1 Å². The number of thioether (sulfide) groups is 1. The SMILES string of the molecule is COCCN(C(=O)c1cccc2[nH]ccc12)C1CCSC1. The zero-order valence-electron chi connectivity index (χ0n) is 12.2. The molecule has 0 aliphatic carbocycles. The number of nitrogens with zero attached hydrogens (tertiary/aromatic N) is 1. The maximum Gasteiger partial charge on any atom is 0.254 e. The number of rotatable bonds is 5. The van der Waals surface area contributed by atoms with Crippen LogP contribution in [-0.2, 0) is 4.74 Å². The maximum atomic E-state index is 13.0. The highest BCUT2D eigenvalue weighted by atomic mass is 32.2. The summed E-state index contributed by atoms with van der Waals surface area (Å²) >= 11 is 1.92. The summed E-state index contributed by atoms with van der Waals surface area (Å²) in [5.41, 5.74) is 1.79. The van der Waals surface area contributed by atoms with Crippen molar-refractivity contribution in [3.05, 3.63) is 36.0 Å². The first-order valence-corrected chi connectivity index (χ1v) is 8.40. The molecule has 5 heteroatoms. The van der Waals surface area contributed by atoms with E-state index in [0.717, 1.165) is 34.4 Å². The molecule has 1 aliphatic heterocycles. The van der Waals surface area contributed by atoms with Crippen molar-refractivity contribution in [1.82, 2.24) is 9.88 Å². The molecule has 2 aromatic rings. The van der Waals surface area contributed by atoms with E-state index in [0.29, 0.717) is 19.2 Å². The Morgan fingerprint density at radius 3 is 3.14 bits per heavy atom. The molecule has 1 amide bonds. The van der Waals surface area contributed by atoms with Gasteiger partial charge in [0.25, 0.3) is 5.91 Å². The first kappa shape index (κ1) is 14.5. The molecule has 1 unspecified atom stereocenters. The predicted molar refractivity (Wildman–Crippen MR) is 86.9 cm³/mol. The standard InChI is InChI=1S/C16H20N2O2S/c1-20-9-8-18(12-6-10-21-11-12)16(19)14-3-2-4-15-13(14)5-7-17-15/h2-5,7,12,17H,6,8-11H2,1H3. The fraction of sp³-hybridized carbons (Fsp3) is 0.438. The number of fused-ring (bicyclic) bond motifs is 1. The van der Waals surface area contributed by atoms with Gasteiger partial charge in [-0.25, -0.2) is 0 Å². The van der Waals surface area contributed by atoms with E-state index in [-0.39, 0.29) is 5.91 Å². The van der Waals surface area contributed by atoms with E-state index >= 15 is 0 Å². The first-order valence-electron chi connectivity index (χ1n) is 7.25. The Balaban J connectivity index is 1.90. The highest BCUT2D eigenvalue weighted by molar-refractivity contribution is 7.99. The summed E-state index contributed by atoms with van der Waals surface area (Å²) in [7, 11) is 1.68. The third-order valence-corrected chi connectivity index (χ3v) is 5.11. The van der Waals surface area contributed by atoms with Gasteiger partial charge in [-0.05, 0) is 30.4 Å². The summed E-state index contributed by atoms with van der Waals surface area (Å²) < 4.78 is 5.18. The molecule has 21 heavy (non-hydrogen) atoms. The molecule has 1 saturated heterocycles. The number of carbonyl (C=O) groups excluding carboxylic acids is 1. The zero-order valence-corrected chi connectivity index (χ0v) is 13.0. The second-order valence-electron chi connectivity index (χ2n) is 5.25. The lowest BCUT2D eigenvalue weighted by Gasteiger charge is -2.28. The second kappa shape index (κ2) is 6.54. The van der Waals surface area contributed by atoms with E-state index in [2.05, 4.69) is 4.98 Å². The van der Waals surface area contributed by atoms with Crippen molar-refractivity contribution in [2.45, 2.75) is 12.5 Å². The van der Waals surface area contributed by atoms with Crippen LogP contribution in [0.3, 0.4) is 0 Å². The molecule has 1 aromatic carbocycles. The molecule has 0 radical (unpaired) electrons. The summed E-state index contributed by atoms with van der Waals surface area (Å²) in [5, 5.41) is 0.996. The van der Waals surface area contributed by atoms with Crippen molar-refractivity contribution in [2.75, 3.05) is 31.8 Å². The number of nitrogens with one attached hydrogen (secondary N) is 1. The summed E-state index contributed by atoms with van der Waals surface area (Å²) in [6.45, 7) is 1.23. The summed E-state index contributed by atoms with van der Waals surface area (Å²) in [4.78, 5) is 18.2. The monoisotopic (exact) mass is 304 g/mol. The van der Waals surface area contributed by atoms with E-state index in [4.69, 9.17) is 4.74 Å². The molecule has 0 bridgehead atoms. The number of H-pyrrole nitrogens is 1. The summed E-state index contributed by atoms with van der Waals surface area (Å²) in [5.74, 6) is 2.28. The highest BCUT2D eigenvalue weighted by Crippen LogP contribution is 2.26. The smallest absolute Gasteiger partial charge is 0.254 e. The summed E-state index contributed by atoms with van der Waals surface area (Å²) in [6, 6.07) is 8.15. The van der Waals surface area contributed by atoms with E-state index in [1.54, 1.807) is 7.11 Å². The van der Waals surface area contributed by atoms with Crippen LogP contribution in [0.15, 0.2) is 30.5 Å². The molecule has 0 saturated carbocycles. The molecule has 3 rings (SSSR count). The molecule has 112 valence electrons. The number of aromatic amines is 1. The predicted octanol–water partition coefficient (Wildman–Crippen LogP) is 2.76. The number of aromatic nitrogens is 1. The average molecular weight is 304 g/mol. The third kappa shape index (κ3) is 2.94. The van der Waals surface area contributed by atoms with Gasteiger partial charge in [-0.3, -0.25) is 4.79 Å². The topological polar surface area (TPSA) is 45.3 Å². The molecular formula is C16H20N2O2S. The Hall–Kier alpha value is -1.46. The van der Waals surface area contributed by atoms with E-state index in [1.807, 2.05) is 47.1 Å². The van der Waals surface area contributed by atoms with Crippen LogP contribution in [0.5, 0.6) is 0 Å². The van der Waals surface area contributed by atoms with Gasteiger partial charge < -0.3 is 14.6 Å². The molecular weight excluding hydrogens is 284 g/mol. The van der Waals surface area contributed by atoms with Crippen molar-refractivity contribution < 1.29 is 9.53 Å². The summed E-state index contributed by atoms with van der Waals surface area (Å²) in [6.07, 6.45) is 2.95. The Labute approximate surface area is 128 Å². The number of hydrogen-bond acceptors (Lipinski definition) is 3. The number of carbonyl (C=O) groups is 1. The van der Waals surface area contributed by atoms with Gasteiger partial charge in [-0.2, -0.15) is 11.8 Å². The van der Waals surface area contributed by atoms with Gasteiger partial charge >= 0.3 is 0 Å². The average Bonchev–Trinajstić information content (AvgIpc) is 3.18. The van der Waals surface area contributed by atoms with Crippen molar-refractivity contribution in [2.24, 2.45) is 0 Å². The molecule has 4 nitrogen and oxygen atoms in total. The largest absolute Gasteiger partial charge is 0.383 e. The molecule has 0 spiro atoms. The van der Waals surface area contributed by atoms with Crippen LogP contribution < -0.4 is 0 Å². The Morgan fingerprint density at radius 1 is 1.48 bits per heavy atom. The van der Waals surface area contributed by atoms with Crippen molar-refractivity contribution in [1.29, 1.82) is 0 Å². The van der Waals surface area contributed by atoms with Crippen LogP contribution in [0.4, 0.5) is 0 Å². The fourth-order valence-electron chi connectivity index (χ4n) is 2.83. The van der Waals surface area contributed by atoms with Gasteiger partial charge in [0.2, 0.25) is 0 Å². The van der Waals surface area contributed by atoms with Crippen LogP contribution in [-0.4, -0.2) is 53.6 Å². The van der Waals surface area contributed by atoms with Gasteiger partial charge in [-0.1, -0.05) is 6.07 Å². The molecule has 1 atom stereocenters. The number of hydrogen-bond donors (Lipinski definition) is 1. The lowest BCUT2D eigenvalue weighted by molar-refractivity contribution is 0.0626. The number of methoxy groups -OCH3 is 1. The fourth-order valence-corrected chi connectivity index (χ4v) is 4.06. The highest BCUT2D eigenvalue weighted by Gasteiger charge is 2.28. The van der Waals surface area contributed by atoms with Gasteiger partial charge in [0.1, 0.15) is 0 Å².